The Hall–Kier alpha value is -1.04. The molecule has 1 aromatic heterocycles. The molecule has 0 saturated carbocycles. The van der Waals surface area contributed by atoms with Crippen LogP contribution in [0.25, 0.3) is 0 Å². The van der Waals surface area contributed by atoms with Gasteiger partial charge < -0.3 is 10.2 Å². The highest BCUT2D eigenvalue weighted by molar-refractivity contribution is 7.99. The zero-order chi connectivity index (χ0) is 14.4. The van der Waals surface area contributed by atoms with Gasteiger partial charge >= 0.3 is 0 Å². The second-order valence-corrected chi connectivity index (χ2v) is 6.56. The maximum absolute atomic E-state index is 4.62. The summed E-state index contributed by atoms with van der Waals surface area (Å²) in [5.41, 5.74) is 0. The molecular formula is C14H25N5S. The van der Waals surface area contributed by atoms with E-state index < -0.39 is 0 Å². The summed E-state index contributed by atoms with van der Waals surface area (Å²) < 4.78 is 0. The Balaban J connectivity index is 2.08. The van der Waals surface area contributed by atoms with Crippen molar-refractivity contribution in [2.75, 3.05) is 35.6 Å². The third-order valence-corrected chi connectivity index (χ3v) is 4.13. The van der Waals surface area contributed by atoms with Crippen LogP contribution in [0.2, 0.25) is 0 Å². The molecule has 1 aromatic rings. The van der Waals surface area contributed by atoms with Crippen molar-refractivity contribution in [2.24, 2.45) is 5.92 Å². The molecule has 0 unspecified atom stereocenters. The maximum atomic E-state index is 4.62. The third-order valence-electron chi connectivity index (χ3n) is 3.25. The highest BCUT2D eigenvalue weighted by atomic mass is 32.2. The van der Waals surface area contributed by atoms with Gasteiger partial charge in [0.15, 0.2) is 5.16 Å². The van der Waals surface area contributed by atoms with Crippen molar-refractivity contribution in [1.82, 2.24) is 15.0 Å². The molecule has 0 aromatic carbocycles. The molecule has 1 aliphatic heterocycles. The lowest BCUT2D eigenvalue weighted by atomic mass is 10.2. The molecule has 2 rings (SSSR count). The summed E-state index contributed by atoms with van der Waals surface area (Å²) >= 11 is 1.73. The van der Waals surface area contributed by atoms with Gasteiger partial charge in [-0.2, -0.15) is 15.0 Å². The van der Waals surface area contributed by atoms with Gasteiger partial charge in [-0.1, -0.05) is 25.6 Å². The molecule has 1 saturated heterocycles. The number of hydrogen-bond donors (Lipinski definition) is 1. The average molecular weight is 295 g/mol. The second-order valence-electron chi connectivity index (χ2n) is 5.50. The van der Waals surface area contributed by atoms with Gasteiger partial charge in [-0.05, 0) is 32.1 Å². The molecule has 0 spiro atoms. The van der Waals surface area contributed by atoms with Gasteiger partial charge in [-0.15, -0.1) is 0 Å². The number of hydrogen-bond acceptors (Lipinski definition) is 6. The molecule has 2 heterocycles. The van der Waals surface area contributed by atoms with Crippen LogP contribution in [0.3, 0.4) is 0 Å². The van der Waals surface area contributed by atoms with Crippen LogP contribution in [0.4, 0.5) is 11.9 Å². The van der Waals surface area contributed by atoms with E-state index in [-0.39, 0.29) is 0 Å². The van der Waals surface area contributed by atoms with Crippen LogP contribution in [-0.2, 0) is 0 Å². The molecule has 0 bridgehead atoms. The molecule has 0 aliphatic carbocycles. The third kappa shape index (κ3) is 4.51. The first kappa shape index (κ1) is 15.4. The van der Waals surface area contributed by atoms with Gasteiger partial charge in [-0.25, -0.2) is 0 Å². The van der Waals surface area contributed by atoms with E-state index in [2.05, 4.69) is 45.9 Å². The minimum Gasteiger partial charge on any atom is -0.354 e. The van der Waals surface area contributed by atoms with Gasteiger partial charge in [0.1, 0.15) is 0 Å². The van der Waals surface area contributed by atoms with E-state index >= 15 is 0 Å². The van der Waals surface area contributed by atoms with Crippen LogP contribution in [0, 0.1) is 5.92 Å². The fraction of sp³-hybridized carbons (Fsp3) is 0.786. The Kier molecular flexibility index (Phi) is 5.88. The molecule has 0 amide bonds. The molecule has 112 valence electrons. The first-order valence-corrected chi connectivity index (χ1v) is 8.55. The zero-order valence-corrected chi connectivity index (χ0v) is 13.5. The van der Waals surface area contributed by atoms with Crippen molar-refractivity contribution in [3.63, 3.8) is 0 Å². The number of rotatable bonds is 7. The summed E-state index contributed by atoms with van der Waals surface area (Å²) in [4.78, 5) is 15.9. The molecule has 0 radical (unpaired) electrons. The Morgan fingerprint density at radius 2 is 1.95 bits per heavy atom. The van der Waals surface area contributed by atoms with Crippen LogP contribution < -0.4 is 10.2 Å². The Labute approximate surface area is 126 Å². The normalized spacial score (nSPS) is 15.1. The van der Waals surface area contributed by atoms with Gasteiger partial charge in [0.2, 0.25) is 11.9 Å². The molecule has 1 aliphatic rings. The average Bonchev–Trinajstić information content (AvgIpc) is 2.92. The monoisotopic (exact) mass is 295 g/mol. The molecule has 6 heteroatoms. The SMILES string of the molecule is CCNc1nc(SCCC(C)C)nc(N2CCCC2)n1. The lowest BCUT2D eigenvalue weighted by Crippen LogP contribution is -2.22. The standard InChI is InChI=1S/C14H25N5S/c1-4-15-12-16-13(19-8-5-6-9-19)18-14(17-12)20-10-7-11(2)3/h11H,4-10H2,1-3H3,(H,15,16,17,18). The summed E-state index contributed by atoms with van der Waals surface area (Å²) in [5.74, 6) is 3.32. The van der Waals surface area contributed by atoms with Crippen molar-refractivity contribution in [1.29, 1.82) is 0 Å². The Bertz CT molecular complexity index is 418. The van der Waals surface area contributed by atoms with Gasteiger partial charge in [-0.3, -0.25) is 0 Å². The number of thioether (sulfide) groups is 1. The second kappa shape index (κ2) is 7.67. The van der Waals surface area contributed by atoms with Crippen LogP contribution in [0.15, 0.2) is 5.16 Å². The van der Waals surface area contributed by atoms with E-state index in [1.165, 1.54) is 19.3 Å². The van der Waals surface area contributed by atoms with E-state index in [9.17, 15) is 0 Å². The Morgan fingerprint density at radius 3 is 2.60 bits per heavy atom. The lowest BCUT2D eigenvalue weighted by molar-refractivity contribution is 0.631. The van der Waals surface area contributed by atoms with E-state index in [0.29, 0.717) is 5.95 Å². The number of anilines is 2. The topological polar surface area (TPSA) is 53.9 Å². The number of aromatic nitrogens is 3. The van der Waals surface area contributed by atoms with Crippen molar-refractivity contribution in [3.8, 4) is 0 Å². The minimum absolute atomic E-state index is 0.705. The van der Waals surface area contributed by atoms with Crippen molar-refractivity contribution in [3.05, 3.63) is 0 Å². The summed E-state index contributed by atoms with van der Waals surface area (Å²) in [5, 5.41) is 4.05. The van der Waals surface area contributed by atoms with E-state index in [1.54, 1.807) is 11.8 Å². The molecule has 1 fully saturated rings. The van der Waals surface area contributed by atoms with Crippen LogP contribution in [0.1, 0.15) is 40.0 Å². The van der Waals surface area contributed by atoms with Crippen molar-refractivity contribution in [2.45, 2.75) is 45.2 Å². The molecule has 20 heavy (non-hydrogen) atoms. The van der Waals surface area contributed by atoms with Gasteiger partial charge in [0.05, 0.1) is 0 Å². The maximum Gasteiger partial charge on any atom is 0.231 e. The zero-order valence-electron chi connectivity index (χ0n) is 12.7. The first-order chi connectivity index (χ1) is 9.69. The van der Waals surface area contributed by atoms with Crippen molar-refractivity contribution >= 4 is 23.7 Å². The molecule has 0 atom stereocenters. The first-order valence-electron chi connectivity index (χ1n) is 7.56. The fourth-order valence-electron chi connectivity index (χ4n) is 2.09. The minimum atomic E-state index is 0.705. The molecule has 1 N–H and O–H groups in total. The highest BCUT2D eigenvalue weighted by Crippen LogP contribution is 2.22. The van der Waals surface area contributed by atoms with Crippen LogP contribution in [-0.4, -0.2) is 40.3 Å². The predicted molar refractivity (Wildman–Crippen MR) is 85.6 cm³/mol. The van der Waals surface area contributed by atoms with E-state index in [1.807, 2.05) is 0 Å². The fourth-order valence-corrected chi connectivity index (χ4v) is 3.16. The van der Waals surface area contributed by atoms with Crippen LogP contribution in [0.5, 0.6) is 0 Å². The largest absolute Gasteiger partial charge is 0.354 e. The summed E-state index contributed by atoms with van der Waals surface area (Å²) in [6.45, 7) is 9.50. The Morgan fingerprint density at radius 1 is 1.20 bits per heavy atom. The number of nitrogens with zero attached hydrogens (tertiary/aromatic N) is 4. The van der Waals surface area contributed by atoms with Gasteiger partial charge in [0, 0.05) is 25.4 Å². The van der Waals surface area contributed by atoms with Crippen molar-refractivity contribution < 1.29 is 0 Å². The highest BCUT2D eigenvalue weighted by Gasteiger charge is 2.17. The van der Waals surface area contributed by atoms with E-state index in [0.717, 1.165) is 42.4 Å². The summed E-state index contributed by atoms with van der Waals surface area (Å²) in [6, 6.07) is 0. The van der Waals surface area contributed by atoms with Gasteiger partial charge in [0.25, 0.3) is 0 Å². The summed E-state index contributed by atoms with van der Waals surface area (Å²) in [7, 11) is 0. The molecule has 5 nitrogen and oxygen atoms in total. The van der Waals surface area contributed by atoms with E-state index in [4.69, 9.17) is 0 Å². The quantitative estimate of drug-likeness (QED) is 0.780. The van der Waals surface area contributed by atoms with Crippen LogP contribution >= 0.6 is 11.8 Å². The molecular weight excluding hydrogens is 270 g/mol. The predicted octanol–water partition coefficient (Wildman–Crippen LogP) is 3.04. The lowest BCUT2D eigenvalue weighted by Gasteiger charge is -2.16. The summed E-state index contributed by atoms with van der Waals surface area (Å²) in [6.07, 6.45) is 3.65. The number of nitrogens with one attached hydrogen (secondary N) is 1. The smallest absolute Gasteiger partial charge is 0.231 e.